The monoisotopic (exact) mass is 349 g/mol. The van der Waals surface area contributed by atoms with Crippen molar-refractivity contribution >= 4 is 34.0 Å². The van der Waals surface area contributed by atoms with Gasteiger partial charge in [0.2, 0.25) is 0 Å². The molecule has 0 amide bonds. The Morgan fingerprint density at radius 3 is 2.76 bits per heavy atom. The Kier molecular flexibility index (Phi) is 3.22. The summed E-state index contributed by atoms with van der Waals surface area (Å²) in [6.07, 6.45) is 4.24. The van der Waals surface area contributed by atoms with Crippen molar-refractivity contribution in [2.24, 2.45) is 0 Å². The first-order valence-electron chi connectivity index (χ1n) is 8.47. The highest BCUT2D eigenvalue weighted by atomic mass is 35.5. The van der Waals surface area contributed by atoms with Gasteiger partial charge < -0.3 is 5.32 Å². The Hall–Kier alpha value is -2.59. The standard InChI is InChI=1S/C20H16ClN3O/c21-13-7-4-11(5-8-13)17-18-14(2-1-3-16(18)25)23-15-9-6-12-10-22-24-20(12)19(15)17/h4-10,17,23H,1-3H2,(H,22,24). The van der Waals surface area contributed by atoms with Gasteiger partial charge in [0.15, 0.2) is 5.78 Å². The third-order valence-corrected chi connectivity index (χ3v) is 5.43. The van der Waals surface area contributed by atoms with E-state index in [9.17, 15) is 4.79 Å². The Bertz CT molecular complexity index is 1030. The van der Waals surface area contributed by atoms with Crippen LogP contribution in [0.3, 0.4) is 0 Å². The number of carbonyl (C=O) groups is 1. The second kappa shape index (κ2) is 5.46. The smallest absolute Gasteiger partial charge is 0.161 e. The van der Waals surface area contributed by atoms with Gasteiger partial charge >= 0.3 is 0 Å². The number of aromatic amines is 1. The fraction of sp³-hybridized carbons (Fsp3) is 0.200. The number of anilines is 1. The maximum Gasteiger partial charge on any atom is 0.161 e. The number of nitrogens with one attached hydrogen (secondary N) is 2. The minimum atomic E-state index is -0.0968. The number of nitrogens with zero attached hydrogens (tertiary/aromatic N) is 1. The molecular weight excluding hydrogens is 334 g/mol. The van der Waals surface area contributed by atoms with Crippen molar-refractivity contribution in [1.82, 2.24) is 10.2 Å². The fourth-order valence-electron chi connectivity index (χ4n) is 4.07. The molecule has 1 aliphatic carbocycles. The van der Waals surface area contributed by atoms with Gasteiger partial charge in [-0.1, -0.05) is 23.7 Å². The summed E-state index contributed by atoms with van der Waals surface area (Å²) < 4.78 is 0. The molecule has 0 radical (unpaired) electrons. The number of ketones is 1. The van der Waals surface area contributed by atoms with E-state index in [4.69, 9.17) is 11.6 Å². The predicted octanol–water partition coefficient (Wildman–Crippen LogP) is 4.78. The van der Waals surface area contributed by atoms with Crippen LogP contribution in [0.4, 0.5) is 5.69 Å². The molecule has 2 N–H and O–H groups in total. The van der Waals surface area contributed by atoms with Gasteiger partial charge in [0.1, 0.15) is 0 Å². The average Bonchev–Trinajstić information content (AvgIpc) is 3.10. The number of fused-ring (bicyclic) bond motifs is 3. The quantitative estimate of drug-likeness (QED) is 0.664. The summed E-state index contributed by atoms with van der Waals surface area (Å²) in [5.74, 6) is 0.135. The van der Waals surface area contributed by atoms with Crippen LogP contribution in [0.15, 0.2) is 53.9 Å². The number of carbonyl (C=O) groups excluding carboxylic acids is 1. The third-order valence-electron chi connectivity index (χ3n) is 5.18. The molecule has 0 saturated carbocycles. The number of hydrogen-bond donors (Lipinski definition) is 2. The lowest BCUT2D eigenvalue weighted by Gasteiger charge is -2.34. The van der Waals surface area contributed by atoms with Crippen LogP contribution < -0.4 is 5.32 Å². The van der Waals surface area contributed by atoms with Crippen LogP contribution in [-0.2, 0) is 4.79 Å². The first kappa shape index (κ1) is 14.7. The van der Waals surface area contributed by atoms with Crippen LogP contribution in [0.1, 0.15) is 36.3 Å². The molecule has 0 saturated heterocycles. The Morgan fingerprint density at radius 1 is 1.08 bits per heavy atom. The molecule has 1 aromatic heterocycles. The molecule has 124 valence electrons. The number of aromatic nitrogens is 2. The van der Waals surface area contributed by atoms with Gasteiger partial charge in [-0.05, 0) is 42.7 Å². The summed E-state index contributed by atoms with van der Waals surface area (Å²) in [6, 6.07) is 11.9. The molecule has 2 heterocycles. The first-order valence-corrected chi connectivity index (χ1v) is 8.85. The van der Waals surface area contributed by atoms with E-state index in [2.05, 4.69) is 27.6 Å². The summed E-state index contributed by atoms with van der Waals surface area (Å²) in [5, 5.41) is 12.6. The van der Waals surface area contributed by atoms with Gasteiger partial charge in [-0.15, -0.1) is 0 Å². The Labute approximate surface area is 149 Å². The molecule has 1 unspecified atom stereocenters. The molecule has 2 aliphatic rings. The number of halogens is 1. The zero-order valence-electron chi connectivity index (χ0n) is 13.5. The van der Waals surface area contributed by atoms with E-state index in [1.807, 2.05) is 30.5 Å². The van der Waals surface area contributed by atoms with Gasteiger partial charge in [0.25, 0.3) is 0 Å². The molecule has 1 aliphatic heterocycles. The lowest BCUT2D eigenvalue weighted by molar-refractivity contribution is -0.116. The van der Waals surface area contributed by atoms with Gasteiger partial charge in [0.05, 0.1) is 11.7 Å². The van der Waals surface area contributed by atoms with Gasteiger partial charge in [-0.2, -0.15) is 5.10 Å². The minimum Gasteiger partial charge on any atom is -0.358 e. The van der Waals surface area contributed by atoms with E-state index in [0.717, 1.165) is 51.8 Å². The molecule has 5 rings (SSSR count). The molecule has 0 spiro atoms. The zero-order valence-corrected chi connectivity index (χ0v) is 14.2. The molecular formula is C20H16ClN3O. The molecule has 3 aromatic rings. The normalized spacial score (nSPS) is 19.6. The first-order chi connectivity index (χ1) is 12.2. The number of hydrogen-bond acceptors (Lipinski definition) is 3. The predicted molar refractivity (Wildman–Crippen MR) is 98.9 cm³/mol. The number of Topliss-reactive ketones (excluding diaryl/α,β-unsaturated/α-hetero) is 1. The van der Waals surface area contributed by atoms with Crippen molar-refractivity contribution in [2.45, 2.75) is 25.2 Å². The second-order valence-electron chi connectivity index (χ2n) is 6.64. The van der Waals surface area contributed by atoms with Crippen LogP contribution in [0, 0.1) is 0 Å². The highest BCUT2D eigenvalue weighted by Crippen LogP contribution is 2.47. The van der Waals surface area contributed by atoms with Crippen molar-refractivity contribution in [3.05, 3.63) is 70.0 Å². The summed E-state index contributed by atoms with van der Waals surface area (Å²) >= 11 is 6.09. The van der Waals surface area contributed by atoms with Crippen molar-refractivity contribution in [3.63, 3.8) is 0 Å². The summed E-state index contributed by atoms with van der Waals surface area (Å²) in [7, 11) is 0. The average molecular weight is 350 g/mol. The molecule has 1 atom stereocenters. The molecule has 25 heavy (non-hydrogen) atoms. The summed E-state index contributed by atoms with van der Waals surface area (Å²) in [5.41, 5.74) is 6.15. The van der Waals surface area contributed by atoms with E-state index >= 15 is 0 Å². The van der Waals surface area contributed by atoms with E-state index in [0.29, 0.717) is 11.4 Å². The second-order valence-corrected chi connectivity index (χ2v) is 7.08. The third kappa shape index (κ3) is 2.21. The fourth-order valence-corrected chi connectivity index (χ4v) is 4.19. The van der Waals surface area contributed by atoms with Crippen LogP contribution in [0.5, 0.6) is 0 Å². The topological polar surface area (TPSA) is 57.8 Å². The van der Waals surface area contributed by atoms with Crippen LogP contribution >= 0.6 is 11.6 Å². The van der Waals surface area contributed by atoms with Gasteiger partial charge in [0, 0.05) is 45.3 Å². The lowest BCUT2D eigenvalue weighted by atomic mass is 9.75. The van der Waals surface area contributed by atoms with Gasteiger partial charge in [-0.3, -0.25) is 9.89 Å². The van der Waals surface area contributed by atoms with Crippen molar-refractivity contribution in [1.29, 1.82) is 0 Å². The largest absolute Gasteiger partial charge is 0.358 e. The van der Waals surface area contributed by atoms with Crippen molar-refractivity contribution < 1.29 is 4.79 Å². The van der Waals surface area contributed by atoms with Crippen molar-refractivity contribution in [2.75, 3.05) is 5.32 Å². The van der Waals surface area contributed by atoms with Crippen LogP contribution in [0.2, 0.25) is 5.02 Å². The molecule has 2 aromatic carbocycles. The molecule has 5 heteroatoms. The maximum atomic E-state index is 12.8. The molecule has 0 bridgehead atoms. The number of allylic oxidation sites excluding steroid dienone is 2. The summed E-state index contributed by atoms with van der Waals surface area (Å²) in [4.78, 5) is 12.8. The van der Waals surface area contributed by atoms with Crippen molar-refractivity contribution in [3.8, 4) is 0 Å². The zero-order chi connectivity index (χ0) is 17.0. The number of rotatable bonds is 1. The van der Waals surface area contributed by atoms with E-state index in [1.54, 1.807) is 0 Å². The highest BCUT2D eigenvalue weighted by molar-refractivity contribution is 6.30. The van der Waals surface area contributed by atoms with E-state index in [1.165, 1.54) is 0 Å². The minimum absolute atomic E-state index is 0.0968. The molecule has 4 nitrogen and oxygen atoms in total. The molecule has 0 fully saturated rings. The van der Waals surface area contributed by atoms with Gasteiger partial charge in [-0.25, -0.2) is 0 Å². The maximum absolute atomic E-state index is 12.8. The Balaban J connectivity index is 1.82. The lowest BCUT2D eigenvalue weighted by Crippen LogP contribution is -2.27. The van der Waals surface area contributed by atoms with E-state index < -0.39 is 0 Å². The number of H-pyrrole nitrogens is 1. The van der Waals surface area contributed by atoms with Crippen LogP contribution in [-0.4, -0.2) is 16.0 Å². The number of benzene rings is 2. The highest BCUT2D eigenvalue weighted by Gasteiger charge is 2.36. The Morgan fingerprint density at radius 2 is 1.92 bits per heavy atom. The SMILES string of the molecule is O=C1CCCC2=C1C(c1ccc(Cl)cc1)c1c(ccc3cn[nH]c13)N2. The summed E-state index contributed by atoms with van der Waals surface area (Å²) in [6.45, 7) is 0. The van der Waals surface area contributed by atoms with Crippen LogP contribution in [0.25, 0.3) is 10.9 Å². The van der Waals surface area contributed by atoms with E-state index in [-0.39, 0.29) is 11.7 Å².